The van der Waals surface area contributed by atoms with E-state index in [1.54, 1.807) is 0 Å². The van der Waals surface area contributed by atoms with E-state index in [1.807, 2.05) is 0 Å². The van der Waals surface area contributed by atoms with Crippen molar-refractivity contribution in [3.8, 4) is 44.5 Å². The number of nitrogens with zero attached hydrogens (tertiary/aromatic N) is 2. The Morgan fingerprint density at radius 3 is 0.672 bits per heavy atom. The summed E-state index contributed by atoms with van der Waals surface area (Å²) in [5.41, 5.74) is 16.4. The van der Waals surface area contributed by atoms with Gasteiger partial charge in [-0.2, -0.15) is 0 Å². The highest BCUT2D eigenvalue weighted by molar-refractivity contribution is 6.21. The predicted molar refractivity (Wildman–Crippen MR) is 273 cm³/mol. The molecule has 2 heteroatoms. The molecule has 0 fully saturated rings. The molecule has 11 aromatic rings. The number of fused-ring (bicyclic) bond motifs is 2. The molecule has 11 rings (SSSR count). The molecule has 0 aliphatic heterocycles. The van der Waals surface area contributed by atoms with E-state index in [2.05, 4.69) is 277 Å². The van der Waals surface area contributed by atoms with Crippen molar-refractivity contribution in [3.63, 3.8) is 0 Å². The number of hydrogen-bond acceptors (Lipinski definition) is 2. The van der Waals surface area contributed by atoms with Gasteiger partial charge in [-0.25, -0.2) is 0 Å². The molecule has 302 valence electrons. The maximum absolute atomic E-state index is 2.34. The molecular formula is C62H44N2. The summed E-state index contributed by atoms with van der Waals surface area (Å²) < 4.78 is 0. The summed E-state index contributed by atoms with van der Waals surface area (Å²) in [5.74, 6) is 0. The standard InChI is InChI=1S/C62H44N2/c1-5-17-45(18-6-1)46-29-31-47(32-30-46)48-33-35-49(36-34-48)61-57-25-13-15-27-59(57)62(60-28-16-14-26-58(60)61)50-37-39-54(40-38-50)64(53-23-11-4-12-24-53)56-43-41-55(42-44-56)63(51-19-7-2-8-20-51)52-21-9-3-10-22-52/h1-44H. The molecule has 0 N–H and O–H groups in total. The second-order valence-corrected chi connectivity index (χ2v) is 16.1. The molecule has 0 atom stereocenters. The second kappa shape index (κ2) is 17.1. The molecule has 0 spiro atoms. The first-order valence-electron chi connectivity index (χ1n) is 21.9. The van der Waals surface area contributed by atoms with E-state index in [-0.39, 0.29) is 0 Å². The lowest BCUT2D eigenvalue weighted by molar-refractivity contribution is 1.26. The van der Waals surface area contributed by atoms with Gasteiger partial charge in [-0.1, -0.05) is 194 Å². The average molecular weight is 817 g/mol. The molecule has 0 heterocycles. The van der Waals surface area contributed by atoms with E-state index in [4.69, 9.17) is 0 Å². The van der Waals surface area contributed by atoms with Gasteiger partial charge in [0.15, 0.2) is 0 Å². The molecule has 0 bridgehead atoms. The SMILES string of the molecule is c1ccc(-c2ccc(-c3ccc(-c4c5ccccc5c(-c5ccc(N(c6ccccc6)c6ccc(N(c7ccccc7)c7ccccc7)cc6)cc5)c5ccccc45)cc3)cc2)cc1. The van der Waals surface area contributed by atoms with Gasteiger partial charge in [-0.15, -0.1) is 0 Å². The molecule has 0 amide bonds. The van der Waals surface area contributed by atoms with Crippen molar-refractivity contribution in [2.45, 2.75) is 0 Å². The van der Waals surface area contributed by atoms with Crippen molar-refractivity contribution in [2.24, 2.45) is 0 Å². The zero-order valence-electron chi connectivity index (χ0n) is 35.3. The fourth-order valence-electron chi connectivity index (χ4n) is 9.22. The minimum atomic E-state index is 1.08. The van der Waals surface area contributed by atoms with Crippen LogP contribution in [0.1, 0.15) is 0 Å². The third kappa shape index (κ3) is 7.38. The first-order valence-corrected chi connectivity index (χ1v) is 21.9. The van der Waals surface area contributed by atoms with E-state index >= 15 is 0 Å². The molecule has 0 aliphatic rings. The monoisotopic (exact) mass is 816 g/mol. The van der Waals surface area contributed by atoms with Crippen LogP contribution in [0.3, 0.4) is 0 Å². The van der Waals surface area contributed by atoms with Crippen molar-refractivity contribution in [1.82, 2.24) is 0 Å². The summed E-state index contributed by atoms with van der Waals surface area (Å²) in [7, 11) is 0. The fourth-order valence-corrected chi connectivity index (χ4v) is 9.22. The van der Waals surface area contributed by atoms with Crippen LogP contribution >= 0.6 is 0 Å². The van der Waals surface area contributed by atoms with Crippen LogP contribution in [0.5, 0.6) is 0 Å². The van der Waals surface area contributed by atoms with E-state index in [0.29, 0.717) is 0 Å². The van der Waals surface area contributed by atoms with Crippen molar-refractivity contribution in [3.05, 3.63) is 267 Å². The zero-order valence-corrected chi connectivity index (χ0v) is 35.3. The number of hydrogen-bond donors (Lipinski definition) is 0. The Bertz CT molecular complexity index is 3220. The number of benzene rings is 11. The maximum Gasteiger partial charge on any atom is 0.0463 e. The second-order valence-electron chi connectivity index (χ2n) is 16.1. The van der Waals surface area contributed by atoms with Crippen LogP contribution in [0, 0.1) is 0 Å². The van der Waals surface area contributed by atoms with E-state index in [0.717, 1.165) is 34.1 Å². The average Bonchev–Trinajstić information content (AvgIpc) is 3.38. The highest BCUT2D eigenvalue weighted by Gasteiger charge is 2.19. The molecule has 2 nitrogen and oxygen atoms in total. The topological polar surface area (TPSA) is 6.48 Å². The van der Waals surface area contributed by atoms with Crippen LogP contribution in [0.2, 0.25) is 0 Å². The lowest BCUT2D eigenvalue weighted by atomic mass is 9.85. The van der Waals surface area contributed by atoms with Crippen LogP contribution in [0.4, 0.5) is 34.1 Å². The van der Waals surface area contributed by atoms with Gasteiger partial charge in [0.2, 0.25) is 0 Å². The fraction of sp³-hybridized carbons (Fsp3) is 0. The minimum absolute atomic E-state index is 1.08. The molecule has 11 aromatic carbocycles. The van der Waals surface area contributed by atoms with Crippen LogP contribution in [0.15, 0.2) is 267 Å². The van der Waals surface area contributed by atoms with Gasteiger partial charge in [0.25, 0.3) is 0 Å². The Hall–Kier alpha value is -8.46. The molecule has 0 unspecified atom stereocenters. The smallest absolute Gasteiger partial charge is 0.0463 e. The summed E-state index contributed by atoms with van der Waals surface area (Å²) in [4.78, 5) is 4.63. The Balaban J connectivity index is 0.953. The zero-order chi connectivity index (χ0) is 42.7. The van der Waals surface area contributed by atoms with Crippen LogP contribution < -0.4 is 9.80 Å². The third-order valence-corrected chi connectivity index (χ3v) is 12.3. The van der Waals surface area contributed by atoms with Gasteiger partial charge in [-0.3, -0.25) is 0 Å². The van der Waals surface area contributed by atoms with E-state index in [9.17, 15) is 0 Å². The summed E-state index contributed by atoms with van der Waals surface area (Å²) in [6, 6.07) is 96.1. The lowest BCUT2D eigenvalue weighted by Gasteiger charge is -2.28. The molecule has 0 saturated carbocycles. The number of rotatable bonds is 10. The highest BCUT2D eigenvalue weighted by atomic mass is 15.2. The van der Waals surface area contributed by atoms with Crippen LogP contribution in [0.25, 0.3) is 66.1 Å². The van der Waals surface area contributed by atoms with Crippen LogP contribution in [-0.4, -0.2) is 0 Å². The van der Waals surface area contributed by atoms with Crippen molar-refractivity contribution in [2.75, 3.05) is 9.80 Å². The highest BCUT2D eigenvalue weighted by Crippen LogP contribution is 2.45. The minimum Gasteiger partial charge on any atom is -0.311 e. The normalized spacial score (nSPS) is 11.1. The van der Waals surface area contributed by atoms with Crippen molar-refractivity contribution < 1.29 is 0 Å². The predicted octanol–water partition coefficient (Wildman–Crippen LogP) is 17.6. The Labute approximate surface area is 375 Å². The molecule has 64 heavy (non-hydrogen) atoms. The number of anilines is 6. The summed E-state index contributed by atoms with van der Waals surface area (Å²) in [6.07, 6.45) is 0. The van der Waals surface area contributed by atoms with Gasteiger partial charge in [0.05, 0.1) is 0 Å². The van der Waals surface area contributed by atoms with Gasteiger partial charge < -0.3 is 9.80 Å². The molecule has 0 aliphatic carbocycles. The van der Waals surface area contributed by atoms with Crippen molar-refractivity contribution >= 4 is 55.7 Å². The molecule has 0 saturated heterocycles. The Morgan fingerprint density at radius 2 is 0.359 bits per heavy atom. The summed E-state index contributed by atoms with van der Waals surface area (Å²) in [6.45, 7) is 0. The third-order valence-electron chi connectivity index (χ3n) is 12.3. The maximum atomic E-state index is 2.34. The summed E-state index contributed by atoms with van der Waals surface area (Å²) in [5, 5.41) is 4.96. The lowest BCUT2D eigenvalue weighted by Crippen LogP contribution is -2.12. The van der Waals surface area contributed by atoms with Gasteiger partial charge in [-0.05, 0) is 139 Å². The van der Waals surface area contributed by atoms with E-state index in [1.165, 1.54) is 66.1 Å². The quantitative estimate of drug-likeness (QED) is 0.127. The Kier molecular flexibility index (Phi) is 10.3. The van der Waals surface area contributed by atoms with Gasteiger partial charge >= 0.3 is 0 Å². The Morgan fingerprint density at radius 1 is 0.156 bits per heavy atom. The summed E-state index contributed by atoms with van der Waals surface area (Å²) >= 11 is 0. The first-order chi connectivity index (χ1) is 31.8. The first kappa shape index (κ1) is 38.5. The van der Waals surface area contributed by atoms with E-state index < -0.39 is 0 Å². The largest absolute Gasteiger partial charge is 0.311 e. The van der Waals surface area contributed by atoms with Gasteiger partial charge in [0, 0.05) is 34.1 Å². The molecule has 0 radical (unpaired) electrons. The molecule has 0 aromatic heterocycles. The van der Waals surface area contributed by atoms with Crippen LogP contribution in [-0.2, 0) is 0 Å². The molecular weight excluding hydrogens is 773 g/mol. The van der Waals surface area contributed by atoms with Gasteiger partial charge in [0.1, 0.15) is 0 Å². The number of para-hydroxylation sites is 3. The van der Waals surface area contributed by atoms with Crippen molar-refractivity contribution in [1.29, 1.82) is 0 Å².